The number of benzene rings is 1. The lowest BCUT2D eigenvalue weighted by Gasteiger charge is -2.13. The molecule has 0 N–H and O–H groups in total. The van der Waals surface area contributed by atoms with Gasteiger partial charge in [0.05, 0.1) is 12.0 Å². The Morgan fingerprint density at radius 3 is 2.33 bits per heavy atom. The van der Waals surface area contributed by atoms with E-state index in [1.807, 2.05) is 31.1 Å². The van der Waals surface area contributed by atoms with E-state index in [4.69, 9.17) is 4.74 Å². The standard InChI is InChI=1S/C12H18F3N2O7S3/c1-16(2)11-3-5-12(6-4-11)20-9-26-27(18,19)23-10-25-24-22-8-7-21-17(13,14)15/h3-6H,7-10H2,1-2H3/q+1. The quantitative estimate of drug-likeness (QED) is 0.0794. The van der Waals surface area contributed by atoms with Gasteiger partial charge < -0.3 is 9.64 Å². The van der Waals surface area contributed by atoms with Gasteiger partial charge >= 0.3 is 14.5 Å². The van der Waals surface area contributed by atoms with Crippen LogP contribution in [0.4, 0.5) is 19.1 Å². The van der Waals surface area contributed by atoms with E-state index in [0.29, 0.717) is 28.6 Å². The van der Waals surface area contributed by atoms with Crippen molar-refractivity contribution in [1.82, 2.24) is 0 Å². The molecule has 0 spiro atoms. The van der Waals surface area contributed by atoms with Crippen molar-refractivity contribution < 1.29 is 50.2 Å². The van der Waals surface area contributed by atoms with Gasteiger partial charge in [0, 0.05) is 30.6 Å². The molecular weight excluding hydrogens is 437 g/mol. The van der Waals surface area contributed by atoms with E-state index in [-0.39, 0.29) is 5.94 Å². The van der Waals surface area contributed by atoms with Gasteiger partial charge in [0.15, 0.2) is 5.94 Å². The van der Waals surface area contributed by atoms with Gasteiger partial charge in [0.1, 0.15) is 38.3 Å². The second-order valence-electron chi connectivity index (χ2n) is 4.65. The monoisotopic (exact) mass is 455 g/mol. The first-order valence-corrected chi connectivity index (χ1v) is 10.9. The number of ether oxygens (including phenoxy) is 1. The average molecular weight is 455 g/mol. The van der Waals surface area contributed by atoms with Gasteiger partial charge in [0.2, 0.25) is 0 Å². The lowest BCUT2D eigenvalue weighted by Crippen LogP contribution is -2.21. The van der Waals surface area contributed by atoms with Crippen molar-refractivity contribution in [3.63, 3.8) is 0 Å². The summed E-state index contributed by atoms with van der Waals surface area (Å²) in [6.45, 7) is -1.29. The fraction of sp³-hybridized carbons (Fsp3) is 0.500. The highest BCUT2D eigenvalue weighted by Gasteiger charge is 2.33. The van der Waals surface area contributed by atoms with E-state index in [1.165, 1.54) is 0 Å². The van der Waals surface area contributed by atoms with Crippen molar-refractivity contribution in [2.75, 3.05) is 44.1 Å². The highest BCUT2D eigenvalue weighted by molar-refractivity contribution is 8.70. The molecule has 1 aromatic rings. The molecule has 0 saturated heterocycles. The topological polar surface area (TPSA) is 83.5 Å². The summed E-state index contributed by atoms with van der Waals surface area (Å²) in [4.78, 5) is 9.60. The third-order valence-electron chi connectivity index (χ3n) is 2.51. The second kappa shape index (κ2) is 11.8. The molecule has 0 atom stereocenters. The fourth-order valence-corrected chi connectivity index (χ4v) is 3.60. The molecule has 0 aliphatic heterocycles. The molecule has 0 fully saturated rings. The van der Waals surface area contributed by atoms with Crippen LogP contribution in [-0.4, -0.2) is 52.9 Å². The van der Waals surface area contributed by atoms with Gasteiger partial charge in [-0.2, -0.15) is 12.8 Å². The normalized spacial score (nSPS) is 12.2. The predicted molar refractivity (Wildman–Crippen MR) is 92.9 cm³/mol. The third kappa shape index (κ3) is 12.2. The smallest absolute Gasteiger partial charge is 0.394 e. The van der Waals surface area contributed by atoms with Crippen molar-refractivity contribution in [2.24, 2.45) is 0 Å². The van der Waals surface area contributed by atoms with Gasteiger partial charge in [-0.25, -0.2) is 9.07 Å². The van der Waals surface area contributed by atoms with E-state index < -0.39 is 33.6 Å². The molecule has 15 heteroatoms. The molecule has 1 rings (SSSR count). The summed E-state index contributed by atoms with van der Waals surface area (Å²) in [6, 6.07) is 7.03. The summed E-state index contributed by atoms with van der Waals surface area (Å²) in [5.41, 5.74) is 0.967. The minimum absolute atomic E-state index is 0.196. The van der Waals surface area contributed by atoms with Crippen LogP contribution in [0.5, 0.6) is 5.75 Å². The average Bonchev–Trinajstić information content (AvgIpc) is 2.56. The summed E-state index contributed by atoms with van der Waals surface area (Å²) >= 11 is 0.448. The maximum Gasteiger partial charge on any atom is 0.394 e. The predicted octanol–water partition coefficient (Wildman–Crippen LogP) is 3.04. The van der Waals surface area contributed by atoms with Gasteiger partial charge in [-0.15, -0.1) is 0 Å². The lowest BCUT2D eigenvalue weighted by atomic mass is 10.3. The van der Waals surface area contributed by atoms with Crippen LogP contribution in [0.25, 0.3) is 0 Å². The zero-order chi connectivity index (χ0) is 20.3. The minimum Gasteiger partial charge on any atom is -0.482 e. The largest absolute Gasteiger partial charge is 0.482 e. The first-order chi connectivity index (χ1) is 12.6. The van der Waals surface area contributed by atoms with Crippen LogP contribution in [-0.2, 0) is 27.4 Å². The molecular formula is C12H18F3N2O7S3+. The second-order valence-corrected chi connectivity index (χ2v) is 8.72. The van der Waals surface area contributed by atoms with Gasteiger partial charge in [-0.3, -0.25) is 0 Å². The zero-order valence-corrected chi connectivity index (χ0v) is 16.7. The van der Waals surface area contributed by atoms with Crippen LogP contribution in [0.3, 0.4) is 0 Å². The number of hydrogen-bond acceptors (Lipinski definition) is 10. The van der Waals surface area contributed by atoms with Crippen LogP contribution in [0.15, 0.2) is 24.3 Å². The van der Waals surface area contributed by atoms with Crippen molar-refractivity contribution in [3.05, 3.63) is 24.3 Å². The van der Waals surface area contributed by atoms with Gasteiger partial charge in [-0.05, 0) is 24.3 Å². The Hall–Kier alpha value is -0.940. The fourth-order valence-electron chi connectivity index (χ4n) is 1.37. The van der Waals surface area contributed by atoms with E-state index >= 15 is 0 Å². The summed E-state index contributed by atoms with van der Waals surface area (Å²) < 4.78 is 72.2. The first-order valence-electron chi connectivity index (χ1n) is 7.07. The van der Waals surface area contributed by atoms with E-state index in [9.17, 15) is 21.9 Å². The number of anilines is 1. The SMILES string of the molecule is CN(C)c1ccc(OCSS(=O)(=O)OCSOOCCO[N+](F)(F)F)cc1. The molecule has 0 radical (unpaired) electrons. The molecule has 0 bridgehead atoms. The highest BCUT2D eigenvalue weighted by Crippen LogP contribution is 2.21. The van der Waals surface area contributed by atoms with Crippen molar-refractivity contribution in [2.45, 2.75) is 0 Å². The summed E-state index contributed by atoms with van der Waals surface area (Å²) in [5, 5.41) is -4.16. The molecule has 156 valence electrons. The van der Waals surface area contributed by atoms with Crippen molar-refractivity contribution >= 4 is 37.7 Å². The number of rotatable bonds is 14. The summed E-state index contributed by atoms with van der Waals surface area (Å²) in [6.07, 6.45) is 0. The Kier molecular flexibility index (Phi) is 10.5. The van der Waals surface area contributed by atoms with Gasteiger partial charge in [0.25, 0.3) is 0 Å². The molecule has 0 aliphatic rings. The molecule has 9 nitrogen and oxygen atoms in total. The van der Waals surface area contributed by atoms with Crippen LogP contribution in [0, 0.1) is 0 Å². The summed E-state index contributed by atoms with van der Waals surface area (Å²) in [5.74, 6) is -0.156. The Morgan fingerprint density at radius 1 is 1.07 bits per heavy atom. The molecule has 0 aromatic heterocycles. The molecule has 0 unspecified atom stereocenters. The molecule has 0 aliphatic carbocycles. The molecule has 1 aromatic carbocycles. The Labute approximate surface area is 162 Å². The van der Waals surface area contributed by atoms with E-state index in [2.05, 4.69) is 18.2 Å². The molecule has 0 saturated carbocycles. The highest BCUT2D eigenvalue weighted by atomic mass is 33.1. The van der Waals surface area contributed by atoms with Crippen LogP contribution >= 0.6 is 22.8 Å². The maximum atomic E-state index is 11.6. The maximum absolute atomic E-state index is 11.6. The Bertz CT molecular complexity index is 645. The Balaban J connectivity index is 2.12. The number of quaternary nitrogens is 1. The van der Waals surface area contributed by atoms with Gasteiger partial charge in [-0.1, -0.05) is 4.84 Å². The van der Waals surface area contributed by atoms with E-state index in [1.54, 1.807) is 12.1 Å². The van der Waals surface area contributed by atoms with Crippen LogP contribution < -0.4 is 9.64 Å². The minimum atomic E-state index is -4.16. The Morgan fingerprint density at radius 2 is 1.74 bits per heavy atom. The number of halogens is 3. The van der Waals surface area contributed by atoms with Crippen molar-refractivity contribution in [1.29, 1.82) is 0 Å². The number of hydrogen-bond donors (Lipinski definition) is 0. The molecule has 0 heterocycles. The van der Waals surface area contributed by atoms with Crippen molar-refractivity contribution in [3.8, 4) is 5.75 Å². The zero-order valence-electron chi connectivity index (χ0n) is 14.2. The van der Waals surface area contributed by atoms with Crippen LogP contribution in [0.2, 0.25) is 0 Å². The lowest BCUT2D eigenvalue weighted by molar-refractivity contribution is -1.39. The summed E-state index contributed by atoms with van der Waals surface area (Å²) in [7, 11) is 0.254. The van der Waals surface area contributed by atoms with E-state index in [0.717, 1.165) is 5.69 Å². The third-order valence-corrected chi connectivity index (χ3v) is 5.42. The molecule has 27 heavy (non-hydrogen) atoms. The van der Waals surface area contributed by atoms with Crippen LogP contribution in [0.1, 0.15) is 0 Å². The first kappa shape index (κ1) is 24.1. The number of nitrogens with zero attached hydrogens (tertiary/aromatic N) is 2. The molecule has 0 amide bonds.